The second-order valence-electron chi connectivity index (χ2n) is 8.95. The highest BCUT2D eigenvalue weighted by Crippen LogP contribution is 2.30. The molecule has 0 unspecified atom stereocenters. The number of rotatable bonds is 7. The first-order valence-corrected chi connectivity index (χ1v) is 12.9. The Morgan fingerprint density at radius 2 is 2.00 bits per heavy atom. The van der Waals surface area contributed by atoms with Gasteiger partial charge < -0.3 is 24.3 Å². The zero-order valence-corrected chi connectivity index (χ0v) is 20.6. The number of carbonyl (C=O) groups is 2. The maximum absolute atomic E-state index is 13.2. The van der Waals surface area contributed by atoms with Gasteiger partial charge in [-0.2, -0.15) is 0 Å². The summed E-state index contributed by atoms with van der Waals surface area (Å²) < 4.78 is 13.3. The molecule has 1 aromatic carbocycles. The number of amides is 2. The fourth-order valence-electron chi connectivity index (χ4n) is 4.73. The van der Waals surface area contributed by atoms with Crippen molar-refractivity contribution >= 4 is 23.2 Å². The van der Waals surface area contributed by atoms with Crippen LogP contribution in [0.3, 0.4) is 0 Å². The van der Waals surface area contributed by atoms with Crippen LogP contribution in [-0.2, 0) is 29.1 Å². The summed E-state index contributed by atoms with van der Waals surface area (Å²) in [4.78, 5) is 33.3. The molecule has 0 bridgehead atoms. The second kappa shape index (κ2) is 10.6. The summed E-state index contributed by atoms with van der Waals surface area (Å²) >= 11 is 1.71. The summed E-state index contributed by atoms with van der Waals surface area (Å²) in [7, 11) is 1.65. The number of nitrogens with zero attached hydrogens (tertiary/aromatic N) is 3. The third-order valence-electron chi connectivity index (χ3n) is 6.82. The average Bonchev–Trinajstić information content (AvgIpc) is 3.58. The molecule has 2 aliphatic rings. The van der Waals surface area contributed by atoms with Gasteiger partial charge in [0, 0.05) is 30.4 Å². The first-order chi connectivity index (χ1) is 17.1. The quantitative estimate of drug-likeness (QED) is 0.544. The van der Waals surface area contributed by atoms with Crippen molar-refractivity contribution in [3.8, 4) is 5.75 Å². The third-order valence-corrected chi connectivity index (χ3v) is 7.76. The van der Waals surface area contributed by atoms with Gasteiger partial charge in [0.25, 0.3) is 5.91 Å². The van der Waals surface area contributed by atoms with E-state index >= 15 is 0 Å². The van der Waals surface area contributed by atoms with Crippen molar-refractivity contribution in [1.29, 1.82) is 0 Å². The predicted octanol–water partition coefficient (Wildman–Crippen LogP) is 3.44. The minimum atomic E-state index is -0.0976. The van der Waals surface area contributed by atoms with Crippen molar-refractivity contribution in [2.75, 3.05) is 26.7 Å². The maximum Gasteiger partial charge on any atom is 0.274 e. The molecule has 0 aliphatic carbocycles. The van der Waals surface area contributed by atoms with E-state index in [0.717, 1.165) is 23.4 Å². The molecule has 9 heteroatoms. The van der Waals surface area contributed by atoms with Gasteiger partial charge in [-0.3, -0.25) is 9.59 Å². The molecule has 1 saturated heterocycles. The van der Waals surface area contributed by atoms with E-state index in [-0.39, 0.29) is 23.8 Å². The molecule has 2 aromatic heterocycles. The molecule has 1 atom stereocenters. The topological polar surface area (TPSA) is 85.7 Å². The number of piperidine rings is 1. The summed E-state index contributed by atoms with van der Waals surface area (Å²) in [5, 5.41) is 5.10. The number of thiophene rings is 1. The lowest BCUT2D eigenvalue weighted by Crippen LogP contribution is -2.43. The smallest absolute Gasteiger partial charge is 0.274 e. The van der Waals surface area contributed by atoms with Gasteiger partial charge in [0.15, 0.2) is 5.69 Å². The summed E-state index contributed by atoms with van der Waals surface area (Å²) in [5.74, 6) is 0.764. The number of nitrogens with one attached hydrogen (secondary N) is 1. The van der Waals surface area contributed by atoms with Gasteiger partial charge in [-0.25, -0.2) is 4.98 Å². The molecule has 184 valence electrons. The number of methoxy groups -OCH3 is 1. The number of carbonyl (C=O) groups excluding carboxylic acids is 2. The molecule has 4 heterocycles. The van der Waals surface area contributed by atoms with Gasteiger partial charge >= 0.3 is 0 Å². The molecule has 0 saturated carbocycles. The Labute approximate surface area is 208 Å². The van der Waals surface area contributed by atoms with Crippen LogP contribution in [-0.4, -0.2) is 53.0 Å². The van der Waals surface area contributed by atoms with E-state index in [9.17, 15) is 9.59 Å². The van der Waals surface area contributed by atoms with Gasteiger partial charge in [-0.1, -0.05) is 18.2 Å². The van der Waals surface area contributed by atoms with Crippen LogP contribution in [0.25, 0.3) is 0 Å². The lowest BCUT2D eigenvalue weighted by atomic mass is 9.95. The van der Waals surface area contributed by atoms with Crippen LogP contribution in [0, 0.1) is 5.92 Å². The first kappa shape index (κ1) is 23.6. The highest BCUT2D eigenvalue weighted by atomic mass is 32.1. The Morgan fingerprint density at radius 3 is 2.71 bits per heavy atom. The summed E-state index contributed by atoms with van der Waals surface area (Å²) in [6, 6.07) is 12.0. The molecule has 8 nitrogen and oxygen atoms in total. The minimum absolute atomic E-state index is 0.0492. The lowest BCUT2D eigenvalue weighted by Gasteiger charge is -2.31. The van der Waals surface area contributed by atoms with Crippen LogP contribution in [0.4, 0.5) is 0 Å². The summed E-state index contributed by atoms with van der Waals surface area (Å²) in [6.45, 7) is 2.71. The maximum atomic E-state index is 13.2. The van der Waals surface area contributed by atoms with Crippen molar-refractivity contribution in [3.05, 3.63) is 69.9 Å². The molecule has 1 N–H and O–H groups in total. The highest BCUT2D eigenvalue weighted by Gasteiger charge is 2.32. The number of aromatic nitrogens is 2. The van der Waals surface area contributed by atoms with Crippen molar-refractivity contribution in [2.45, 2.75) is 38.5 Å². The number of hydrogen-bond donors (Lipinski definition) is 1. The Hall–Kier alpha value is -3.17. The molecule has 1 fully saturated rings. The number of ether oxygens (including phenoxy) is 2. The molecular weight excluding hydrogens is 464 g/mol. The van der Waals surface area contributed by atoms with Crippen LogP contribution >= 0.6 is 11.3 Å². The van der Waals surface area contributed by atoms with E-state index in [1.165, 1.54) is 4.88 Å². The Bertz CT molecular complexity index is 1150. The van der Waals surface area contributed by atoms with Crippen LogP contribution in [0.15, 0.2) is 48.1 Å². The second-order valence-corrected chi connectivity index (χ2v) is 9.98. The van der Waals surface area contributed by atoms with E-state index in [4.69, 9.17) is 9.47 Å². The molecule has 35 heavy (non-hydrogen) atoms. The van der Waals surface area contributed by atoms with Crippen molar-refractivity contribution in [2.24, 2.45) is 5.92 Å². The van der Waals surface area contributed by atoms with Gasteiger partial charge in [0.05, 0.1) is 32.3 Å². The molecular formula is C26H30N4O4S. The molecule has 3 aromatic rings. The van der Waals surface area contributed by atoms with Gasteiger partial charge in [0.1, 0.15) is 11.9 Å². The Morgan fingerprint density at radius 1 is 1.20 bits per heavy atom. The van der Waals surface area contributed by atoms with Crippen molar-refractivity contribution in [1.82, 2.24) is 19.8 Å². The number of likely N-dealkylation sites (tertiary alicyclic amines) is 1. The zero-order valence-electron chi connectivity index (χ0n) is 19.8. The number of fused-ring (bicyclic) bond motifs is 1. The number of benzene rings is 1. The Balaban J connectivity index is 1.13. The van der Waals surface area contributed by atoms with Crippen LogP contribution < -0.4 is 10.1 Å². The van der Waals surface area contributed by atoms with Crippen molar-refractivity contribution in [3.63, 3.8) is 0 Å². The monoisotopic (exact) mass is 494 g/mol. The molecule has 2 aliphatic heterocycles. The van der Waals surface area contributed by atoms with E-state index < -0.39 is 0 Å². The standard InChI is InChI=1S/C26H30N4O4S/c1-33-20-6-4-18(5-7-20)23-15-30-17-28-24(22(30)16-34-23)26(32)29-12-9-19(10-13-29)25(31)27-11-8-21-3-2-14-35-21/h2-7,14,17,19,23H,8-13,15-16H2,1H3,(H,27,31)/t23-/m1/s1. The molecule has 0 spiro atoms. The van der Waals surface area contributed by atoms with Gasteiger partial charge in [-0.05, 0) is 48.4 Å². The summed E-state index contributed by atoms with van der Waals surface area (Å²) in [5.41, 5.74) is 2.33. The molecule has 2 amide bonds. The summed E-state index contributed by atoms with van der Waals surface area (Å²) in [6.07, 6.45) is 3.83. The van der Waals surface area contributed by atoms with E-state index in [1.807, 2.05) is 45.2 Å². The van der Waals surface area contributed by atoms with Crippen LogP contribution in [0.2, 0.25) is 0 Å². The third kappa shape index (κ3) is 5.26. The minimum Gasteiger partial charge on any atom is -0.497 e. The molecule has 0 radical (unpaired) electrons. The predicted molar refractivity (Wildman–Crippen MR) is 132 cm³/mol. The normalized spacial score (nSPS) is 18.2. The van der Waals surface area contributed by atoms with E-state index in [2.05, 4.69) is 16.4 Å². The van der Waals surface area contributed by atoms with E-state index in [1.54, 1.807) is 24.8 Å². The SMILES string of the molecule is COc1ccc([C@H]2Cn3cnc(C(=O)N4CCC(C(=O)NCCc5cccs5)CC4)c3CO2)cc1. The largest absolute Gasteiger partial charge is 0.497 e. The first-order valence-electron chi connectivity index (χ1n) is 12.0. The Kier molecular flexibility index (Phi) is 7.15. The van der Waals surface area contributed by atoms with Crippen molar-refractivity contribution < 1.29 is 19.1 Å². The highest BCUT2D eigenvalue weighted by molar-refractivity contribution is 7.09. The number of imidazole rings is 1. The molecule has 5 rings (SSSR count). The van der Waals surface area contributed by atoms with Crippen LogP contribution in [0.5, 0.6) is 5.75 Å². The van der Waals surface area contributed by atoms with Crippen LogP contribution in [0.1, 0.15) is 45.6 Å². The van der Waals surface area contributed by atoms with Gasteiger partial charge in [0.2, 0.25) is 5.91 Å². The average molecular weight is 495 g/mol. The van der Waals surface area contributed by atoms with Gasteiger partial charge in [-0.15, -0.1) is 11.3 Å². The fourth-order valence-corrected chi connectivity index (χ4v) is 5.44. The fraction of sp³-hybridized carbons (Fsp3) is 0.423. The lowest BCUT2D eigenvalue weighted by molar-refractivity contribution is -0.126. The van der Waals surface area contributed by atoms with E-state index in [0.29, 0.717) is 51.3 Å². The number of hydrogen-bond acceptors (Lipinski definition) is 6. The zero-order chi connectivity index (χ0) is 24.2.